The third-order valence-corrected chi connectivity index (χ3v) is 2.64. The molecule has 1 aliphatic rings. The highest BCUT2D eigenvalue weighted by atomic mass is 16.5. The lowest BCUT2D eigenvalue weighted by atomic mass is 10.1. The Morgan fingerprint density at radius 1 is 1.64 bits per heavy atom. The van der Waals surface area contributed by atoms with Crippen LogP contribution in [0.5, 0.6) is 0 Å². The minimum absolute atomic E-state index is 0.0391. The molecule has 0 amide bonds. The van der Waals surface area contributed by atoms with Gasteiger partial charge in [-0.3, -0.25) is 4.68 Å². The van der Waals surface area contributed by atoms with Gasteiger partial charge in [-0.15, -0.1) is 0 Å². The molecule has 78 valence electrons. The van der Waals surface area contributed by atoms with E-state index in [4.69, 9.17) is 9.84 Å². The Hall–Kier alpha value is -0.870. The van der Waals surface area contributed by atoms with Crippen LogP contribution in [0.3, 0.4) is 0 Å². The van der Waals surface area contributed by atoms with Crippen molar-refractivity contribution >= 4 is 0 Å². The summed E-state index contributed by atoms with van der Waals surface area (Å²) >= 11 is 0. The van der Waals surface area contributed by atoms with Gasteiger partial charge in [0.05, 0.1) is 18.4 Å². The van der Waals surface area contributed by atoms with Crippen molar-refractivity contribution in [2.75, 3.05) is 0 Å². The first-order valence-corrected chi connectivity index (χ1v) is 4.99. The van der Waals surface area contributed by atoms with Gasteiger partial charge in [0.25, 0.3) is 0 Å². The van der Waals surface area contributed by atoms with E-state index in [1.807, 2.05) is 13.2 Å². The molecule has 4 nitrogen and oxygen atoms in total. The molecule has 0 aliphatic carbocycles. The van der Waals surface area contributed by atoms with E-state index in [2.05, 4.69) is 12.0 Å². The maximum absolute atomic E-state index is 9.15. The van der Waals surface area contributed by atoms with Gasteiger partial charge in [-0.2, -0.15) is 5.10 Å². The number of rotatable bonds is 2. The second-order valence-electron chi connectivity index (χ2n) is 3.88. The first-order chi connectivity index (χ1) is 6.70. The molecule has 1 aromatic heterocycles. The van der Waals surface area contributed by atoms with Crippen LogP contribution < -0.4 is 0 Å². The van der Waals surface area contributed by atoms with Crippen molar-refractivity contribution in [2.24, 2.45) is 7.05 Å². The summed E-state index contributed by atoms with van der Waals surface area (Å²) in [6.07, 6.45) is 4.32. The fourth-order valence-corrected chi connectivity index (χ4v) is 1.95. The maximum atomic E-state index is 9.15. The van der Waals surface area contributed by atoms with Crippen molar-refractivity contribution in [3.05, 3.63) is 17.5 Å². The maximum Gasteiger partial charge on any atom is 0.102 e. The summed E-state index contributed by atoms with van der Waals surface area (Å²) < 4.78 is 7.45. The van der Waals surface area contributed by atoms with Gasteiger partial charge in [-0.05, 0) is 19.8 Å². The van der Waals surface area contributed by atoms with Crippen molar-refractivity contribution in [3.63, 3.8) is 0 Å². The second-order valence-corrected chi connectivity index (χ2v) is 3.88. The zero-order valence-corrected chi connectivity index (χ0v) is 8.60. The average Bonchev–Trinajstić information content (AvgIpc) is 2.71. The fourth-order valence-electron chi connectivity index (χ4n) is 1.95. The topological polar surface area (TPSA) is 47.3 Å². The zero-order chi connectivity index (χ0) is 10.1. The van der Waals surface area contributed by atoms with E-state index in [1.165, 1.54) is 0 Å². The Bertz CT molecular complexity index is 322. The molecule has 1 aromatic rings. The summed E-state index contributed by atoms with van der Waals surface area (Å²) in [6, 6.07) is 0. The lowest BCUT2D eigenvalue weighted by molar-refractivity contribution is 0.0515. The summed E-state index contributed by atoms with van der Waals surface area (Å²) in [5.41, 5.74) is 1.78. The van der Waals surface area contributed by atoms with Gasteiger partial charge in [0.2, 0.25) is 0 Å². The first-order valence-electron chi connectivity index (χ1n) is 4.99. The molecule has 0 unspecified atom stereocenters. The highest BCUT2D eigenvalue weighted by molar-refractivity contribution is 5.19. The van der Waals surface area contributed by atoms with Crippen LogP contribution in [0.4, 0.5) is 0 Å². The Kier molecular flexibility index (Phi) is 2.56. The molecule has 2 heterocycles. The van der Waals surface area contributed by atoms with Gasteiger partial charge in [0.15, 0.2) is 0 Å². The smallest absolute Gasteiger partial charge is 0.102 e. The monoisotopic (exact) mass is 196 g/mol. The Labute approximate surface area is 83.5 Å². The molecule has 0 saturated carbocycles. The summed E-state index contributed by atoms with van der Waals surface area (Å²) in [4.78, 5) is 0. The molecule has 4 heteroatoms. The molecule has 0 spiro atoms. The van der Waals surface area contributed by atoms with Crippen LogP contribution in [0.2, 0.25) is 0 Å². The molecule has 14 heavy (non-hydrogen) atoms. The number of aryl methyl sites for hydroxylation is 1. The number of hydrogen-bond acceptors (Lipinski definition) is 3. The third kappa shape index (κ3) is 1.67. The minimum atomic E-state index is 0.0391. The summed E-state index contributed by atoms with van der Waals surface area (Å²) in [5, 5.41) is 13.5. The van der Waals surface area contributed by atoms with E-state index in [0.717, 1.165) is 24.1 Å². The SMILES string of the molecule is C[C@H]1CC[C@@H](c2nn(C)cc2CO)O1. The quantitative estimate of drug-likeness (QED) is 0.772. The number of ether oxygens (including phenoxy) is 1. The van der Waals surface area contributed by atoms with Crippen molar-refractivity contribution < 1.29 is 9.84 Å². The van der Waals surface area contributed by atoms with Gasteiger partial charge >= 0.3 is 0 Å². The predicted octanol–water partition coefficient (Wildman–Crippen LogP) is 1.15. The number of aromatic nitrogens is 2. The van der Waals surface area contributed by atoms with E-state index in [9.17, 15) is 0 Å². The van der Waals surface area contributed by atoms with E-state index in [1.54, 1.807) is 4.68 Å². The van der Waals surface area contributed by atoms with Crippen LogP contribution >= 0.6 is 0 Å². The van der Waals surface area contributed by atoms with Crippen LogP contribution in [0.15, 0.2) is 6.20 Å². The molecule has 1 saturated heterocycles. The van der Waals surface area contributed by atoms with Crippen molar-refractivity contribution in [2.45, 2.75) is 38.6 Å². The van der Waals surface area contributed by atoms with Crippen molar-refractivity contribution in [1.29, 1.82) is 0 Å². The Balaban J connectivity index is 2.22. The van der Waals surface area contributed by atoms with Gasteiger partial charge in [0, 0.05) is 18.8 Å². The molecule has 1 aliphatic heterocycles. The van der Waals surface area contributed by atoms with Crippen LogP contribution in [-0.2, 0) is 18.4 Å². The fraction of sp³-hybridized carbons (Fsp3) is 0.700. The van der Waals surface area contributed by atoms with Gasteiger partial charge in [-0.25, -0.2) is 0 Å². The molecule has 0 radical (unpaired) electrons. The van der Waals surface area contributed by atoms with Gasteiger partial charge < -0.3 is 9.84 Å². The van der Waals surface area contributed by atoms with Crippen LogP contribution in [0, 0.1) is 0 Å². The average molecular weight is 196 g/mol. The van der Waals surface area contributed by atoms with E-state index in [0.29, 0.717) is 6.10 Å². The lowest BCUT2D eigenvalue weighted by Crippen LogP contribution is -2.04. The van der Waals surface area contributed by atoms with Gasteiger partial charge in [0.1, 0.15) is 6.10 Å². The van der Waals surface area contributed by atoms with Crippen molar-refractivity contribution in [3.8, 4) is 0 Å². The van der Waals surface area contributed by atoms with Gasteiger partial charge in [-0.1, -0.05) is 0 Å². The molecule has 2 atom stereocenters. The number of nitrogens with zero attached hydrogens (tertiary/aromatic N) is 2. The molecule has 0 bridgehead atoms. The zero-order valence-electron chi connectivity index (χ0n) is 8.60. The molecule has 0 aromatic carbocycles. The second kappa shape index (κ2) is 3.71. The standard InChI is InChI=1S/C10H16N2O2/c1-7-3-4-9(14-7)10-8(6-13)5-12(2)11-10/h5,7,9,13H,3-4,6H2,1-2H3/t7-,9-/m0/s1. The summed E-state index contributed by atoms with van der Waals surface area (Å²) in [6.45, 7) is 2.11. The first kappa shape index (κ1) is 9.68. The number of aliphatic hydroxyl groups is 1. The summed E-state index contributed by atoms with van der Waals surface area (Å²) in [7, 11) is 1.86. The van der Waals surface area contributed by atoms with E-state index >= 15 is 0 Å². The number of hydrogen-bond donors (Lipinski definition) is 1. The van der Waals surface area contributed by atoms with Crippen LogP contribution in [0.1, 0.15) is 37.1 Å². The highest BCUT2D eigenvalue weighted by Crippen LogP contribution is 2.33. The summed E-state index contributed by atoms with van der Waals surface area (Å²) in [5.74, 6) is 0. The molecular formula is C10H16N2O2. The van der Waals surface area contributed by atoms with Crippen LogP contribution in [0.25, 0.3) is 0 Å². The predicted molar refractivity (Wildman–Crippen MR) is 51.7 cm³/mol. The number of aliphatic hydroxyl groups excluding tert-OH is 1. The highest BCUT2D eigenvalue weighted by Gasteiger charge is 2.27. The Morgan fingerprint density at radius 2 is 2.43 bits per heavy atom. The minimum Gasteiger partial charge on any atom is -0.392 e. The van der Waals surface area contributed by atoms with Crippen molar-refractivity contribution in [1.82, 2.24) is 9.78 Å². The normalized spacial score (nSPS) is 27.1. The largest absolute Gasteiger partial charge is 0.392 e. The van der Waals surface area contributed by atoms with E-state index < -0.39 is 0 Å². The van der Waals surface area contributed by atoms with E-state index in [-0.39, 0.29) is 12.7 Å². The Morgan fingerprint density at radius 3 is 3.00 bits per heavy atom. The van der Waals surface area contributed by atoms with Crippen LogP contribution in [-0.4, -0.2) is 21.0 Å². The third-order valence-electron chi connectivity index (χ3n) is 2.64. The molecule has 2 rings (SSSR count). The molecule has 1 fully saturated rings. The lowest BCUT2D eigenvalue weighted by Gasteiger charge is -2.09. The molecular weight excluding hydrogens is 180 g/mol. The molecule has 1 N–H and O–H groups in total.